The Morgan fingerprint density at radius 3 is 2.44 bits per heavy atom. The van der Waals surface area contributed by atoms with E-state index in [0.29, 0.717) is 30.5 Å². The number of esters is 1. The standard InChI is InChI=1S/C23H31IN6O4/c1-23(2,3)34-22(32)29-10-7-18-17(14-29)19(24)27-30(18)13-15-5-8-28(9-6-15)21-25-11-16(12-26-21)20(31)33-4/h11-12,15H,5-10,13-14H2,1-4H3. The molecule has 2 aliphatic rings. The Hall–Kier alpha value is -2.44. The summed E-state index contributed by atoms with van der Waals surface area (Å²) in [5, 5.41) is 4.81. The number of ether oxygens (including phenoxy) is 2. The van der Waals surface area contributed by atoms with Crippen LogP contribution in [0.1, 0.15) is 55.2 Å². The molecular weight excluding hydrogens is 551 g/mol. The fourth-order valence-electron chi connectivity index (χ4n) is 4.35. The molecule has 0 unspecified atom stereocenters. The van der Waals surface area contributed by atoms with Crippen LogP contribution in [-0.4, -0.2) is 69.1 Å². The van der Waals surface area contributed by atoms with Crippen molar-refractivity contribution in [2.45, 2.75) is 58.7 Å². The van der Waals surface area contributed by atoms with Crippen LogP contribution in [0.4, 0.5) is 10.7 Å². The van der Waals surface area contributed by atoms with Crippen molar-refractivity contribution in [2.75, 3.05) is 31.6 Å². The molecule has 0 aliphatic carbocycles. The number of rotatable bonds is 4. The number of aromatic nitrogens is 4. The summed E-state index contributed by atoms with van der Waals surface area (Å²) in [5.74, 6) is 0.713. The van der Waals surface area contributed by atoms with Gasteiger partial charge in [-0.15, -0.1) is 0 Å². The monoisotopic (exact) mass is 582 g/mol. The molecule has 2 aromatic heterocycles. The number of hydrogen-bond acceptors (Lipinski definition) is 8. The van der Waals surface area contributed by atoms with Crippen LogP contribution >= 0.6 is 22.6 Å². The van der Waals surface area contributed by atoms with Gasteiger partial charge >= 0.3 is 12.1 Å². The Morgan fingerprint density at radius 1 is 1.15 bits per heavy atom. The molecule has 1 fully saturated rings. The Kier molecular flexibility index (Phi) is 7.29. The molecule has 0 aromatic carbocycles. The van der Waals surface area contributed by atoms with E-state index in [0.717, 1.165) is 48.2 Å². The molecule has 0 N–H and O–H groups in total. The van der Waals surface area contributed by atoms with Crippen LogP contribution in [0.2, 0.25) is 0 Å². The second-order valence-electron chi connectivity index (χ2n) is 9.74. The quantitative estimate of drug-likeness (QED) is 0.400. The fraction of sp³-hybridized carbons (Fsp3) is 0.609. The number of carbonyl (C=O) groups is 2. The maximum atomic E-state index is 12.5. The third-order valence-corrected chi connectivity index (χ3v) is 6.99. The van der Waals surface area contributed by atoms with E-state index in [1.165, 1.54) is 25.2 Å². The molecule has 0 atom stereocenters. The van der Waals surface area contributed by atoms with Crippen molar-refractivity contribution in [3.8, 4) is 0 Å². The van der Waals surface area contributed by atoms with Crippen LogP contribution in [0.3, 0.4) is 0 Å². The number of fused-ring (bicyclic) bond motifs is 1. The zero-order valence-corrected chi connectivity index (χ0v) is 22.2. The largest absolute Gasteiger partial charge is 0.465 e. The van der Waals surface area contributed by atoms with Gasteiger partial charge in [0.1, 0.15) is 9.30 Å². The molecule has 1 saturated heterocycles. The molecule has 34 heavy (non-hydrogen) atoms. The van der Waals surface area contributed by atoms with Gasteiger partial charge in [-0.2, -0.15) is 5.10 Å². The molecule has 0 bridgehead atoms. The summed E-state index contributed by atoms with van der Waals surface area (Å²) in [6.07, 6.45) is 5.56. The first-order valence-corrected chi connectivity index (χ1v) is 12.6. The van der Waals surface area contributed by atoms with Crippen LogP contribution in [0.15, 0.2) is 12.4 Å². The molecule has 0 radical (unpaired) electrons. The molecule has 0 spiro atoms. The normalized spacial score (nSPS) is 16.9. The summed E-state index contributed by atoms with van der Waals surface area (Å²) >= 11 is 2.27. The van der Waals surface area contributed by atoms with Gasteiger partial charge in [-0.3, -0.25) is 4.68 Å². The van der Waals surface area contributed by atoms with Gasteiger partial charge in [-0.05, 0) is 62.1 Å². The highest BCUT2D eigenvalue weighted by atomic mass is 127. The van der Waals surface area contributed by atoms with Crippen LogP contribution < -0.4 is 4.90 Å². The first-order valence-electron chi connectivity index (χ1n) is 11.5. The van der Waals surface area contributed by atoms with Crippen molar-refractivity contribution in [2.24, 2.45) is 5.92 Å². The highest BCUT2D eigenvalue weighted by Crippen LogP contribution is 2.28. The lowest BCUT2D eigenvalue weighted by Crippen LogP contribution is -2.40. The fourth-order valence-corrected chi connectivity index (χ4v) is 5.09. The van der Waals surface area contributed by atoms with E-state index in [9.17, 15) is 9.59 Å². The number of piperidine rings is 1. The predicted molar refractivity (Wildman–Crippen MR) is 134 cm³/mol. The summed E-state index contributed by atoms with van der Waals surface area (Å²) in [6.45, 7) is 9.42. The van der Waals surface area contributed by atoms with E-state index in [-0.39, 0.29) is 6.09 Å². The van der Waals surface area contributed by atoms with Crippen LogP contribution in [0, 0.1) is 9.62 Å². The number of amides is 1. The topological polar surface area (TPSA) is 103 Å². The average molecular weight is 582 g/mol. The summed E-state index contributed by atoms with van der Waals surface area (Å²) in [6, 6.07) is 0. The van der Waals surface area contributed by atoms with Crippen molar-refractivity contribution in [3.63, 3.8) is 0 Å². The van der Waals surface area contributed by atoms with E-state index in [4.69, 9.17) is 14.6 Å². The predicted octanol–water partition coefficient (Wildman–Crippen LogP) is 3.27. The SMILES string of the molecule is COC(=O)c1cnc(N2CCC(Cn3nc(I)c4c3CCN(C(=O)OC(C)(C)C)C4)CC2)nc1. The molecule has 2 aliphatic heterocycles. The van der Waals surface area contributed by atoms with Crippen LogP contribution in [0.25, 0.3) is 0 Å². The number of anilines is 1. The minimum Gasteiger partial charge on any atom is -0.465 e. The Labute approximate surface area is 213 Å². The minimum atomic E-state index is -0.502. The van der Waals surface area contributed by atoms with Crippen LogP contribution in [0.5, 0.6) is 0 Å². The highest BCUT2D eigenvalue weighted by molar-refractivity contribution is 14.1. The third kappa shape index (κ3) is 5.61. The molecule has 4 rings (SSSR count). The molecular formula is C23H31IN6O4. The molecule has 4 heterocycles. The van der Waals surface area contributed by atoms with E-state index >= 15 is 0 Å². The molecule has 11 heteroatoms. The van der Waals surface area contributed by atoms with Gasteiger partial charge in [0, 0.05) is 56.3 Å². The second kappa shape index (κ2) is 10.0. The van der Waals surface area contributed by atoms with Gasteiger partial charge in [-0.25, -0.2) is 19.6 Å². The van der Waals surface area contributed by atoms with Gasteiger partial charge in [0.05, 0.1) is 19.2 Å². The maximum Gasteiger partial charge on any atom is 0.410 e. The van der Waals surface area contributed by atoms with Gasteiger partial charge in [0.25, 0.3) is 0 Å². The van der Waals surface area contributed by atoms with Gasteiger partial charge in [0.15, 0.2) is 0 Å². The Balaban J connectivity index is 1.34. The summed E-state index contributed by atoms with van der Waals surface area (Å²) in [7, 11) is 1.34. The zero-order valence-electron chi connectivity index (χ0n) is 20.1. The number of carbonyl (C=O) groups excluding carboxylic acids is 2. The van der Waals surface area contributed by atoms with Gasteiger partial charge < -0.3 is 19.3 Å². The van der Waals surface area contributed by atoms with E-state index < -0.39 is 11.6 Å². The lowest BCUT2D eigenvalue weighted by molar-refractivity contribution is 0.0221. The van der Waals surface area contributed by atoms with E-state index in [1.54, 1.807) is 4.90 Å². The van der Waals surface area contributed by atoms with Crippen molar-refractivity contribution in [1.82, 2.24) is 24.6 Å². The van der Waals surface area contributed by atoms with E-state index in [1.807, 2.05) is 20.8 Å². The lowest BCUT2D eigenvalue weighted by Gasteiger charge is -2.33. The maximum absolute atomic E-state index is 12.5. The number of methoxy groups -OCH3 is 1. The van der Waals surface area contributed by atoms with Crippen molar-refractivity contribution < 1.29 is 19.1 Å². The lowest BCUT2D eigenvalue weighted by atomic mass is 9.96. The van der Waals surface area contributed by atoms with E-state index in [2.05, 4.69) is 42.1 Å². The molecule has 1 amide bonds. The smallest absolute Gasteiger partial charge is 0.410 e. The highest BCUT2D eigenvalue weighted by Gasteiger charge is 2.31. The summed E-state index contributed by atoms with van der Waals surface area (Å²) in [4.78, 5) is 36.7. The second-order valence-corrected chi connectivity index (χ2v) is 10.8. The van der Waals surface area contributed by atoms with Crippen molar-refractivity contribution in [1.29, 1.82) is 0 Å². The summed E-state index contributed by atoms with van der Waals surface area (Å²) < 4.78 is 13.4. The van der Waals surface area contributed by atoms with Gasteiger partial charge in [0.2, 0.25) is 5.95 Å². The number of hydrogen-bond donors (Lipinski definition) is 0. The molecule has 10 nitrogen and oxygen atoms in total. The zero-order chi connectivity index (χ0) is 24.5. The molecule has 2 aromatic rings. The van der Waals surface area contributed by atoms with Crippen LogP contribution in [-0.2, 0) is 29.0 Å². The average Bonchev–Trinajstić information content (AvgIpc) is 3.12. The minimum absolute atomic E-state index is 0.268. The first kappa shape index (κ1) is 24.7. The summed E-state index contributed by atoms with van der Waals surface area (Å²) in [5.41, 5.74) is 2.21. The first-order chi connectivity index (χ1) is 16.1. The number of nitrogens with zero attached hydrogens (tertiary/aromatic N) is 6. The Bertz CT molecular complexity index is 1040. The van der Waals surface area contributed by atoms with Crippen molar-refractivity contribution >= 4 is 40.6 Å². The van der Waals surface area contributed by atoms with Gasteiger partial charge in [-0.1, -0.05) is 0 Å². The Morgan fingerprint density at radius 2 is 1.82 bits per heavy atom. The number of halogens is 1. The third-order valence-electron chi connectivity index (χ3n) is 6.12. The van der Waals surface area contributed by atoms with Crippen molar-refractivity contribution in [3.05, 3.63) is 32.9 Å². The molecule has 0 saturated carbocycles. The molecule has 184 valence electrons.